The Morgan fingerprint density at radius 2 is 2.16 bits per heavy atom. The van der Waals surface area contributed by atoms with Gasteiger partial charge in [0.15, 0.2) is 9.84 Å². The van der Waals surface area contributed by atoms with E-state index in [9.17, 15) is 17.6 Å². The van der Waals surface area contributed by atoms with Crippen molar-refractivity contribution in [3.05, 3.63) is 35.0 Å². The van der Waals surface area contributed by atoms with Crippen LogP contribution < -0.4 is 11.1 Å². The van der Waals surface area contributed by atoms with Crippen molar-refractivity contribution in [2.24, 2.45) is 0 Å². The third-order valence-corrected chi connectivity index (χ3v) is 4.04. The van der Waals surface area contributed by atoms with Gasteiger partial charge in [-0.1, -0.05) is 6.08 Å². The lowest BCUT2D eigenvalue weighted by Crippen LogP contribution is -2.22. The fourth-order valence-corrected chi connectivity index (χ4v) is 2.98. The Hall–Kier alpha value is -2.09. The molecule has 0 aromatic heterocycles. The smallest absolute Gasteiger partial charge is 0.338 e. The second kappa shape index (κ2) is 4.54. The van der Waals surface area contributed by atoms with Gasteiger partial charge in [0.05, 0.1) is 28.7 Å². The Balaban J connectivity index is 2.25. The van der Waals surface area contributed by atoms with E-state index in [0.717, 1.165) is 17.5 Å². The summed E-state index contributed by atoms with van der Waals surface area (Å²) in [5.41, 5.74) is 5.28. The van der Waals surface area contributed by atoms with Crippen LogP contribution in [0, 0.1) is 5.82 Å². The van der Waals surface area contributed by atoms with Crippen molar-refractivity contribution >= 4 is 27.2 Å². The minimum atomic E-state index is -3.23. The van der Waals surface area contributed by atoms with Gasteiger partial charge in [0, 0.05) is 5.41 Å². The molecule has 4 N–H and O–H groups in total. The third kappa shape index (κ3) is 2.84. The molecule has 0 amide bonds. The molecule has 8 heteroatoms. The van der Waals surface area contributed by atoms with Crippen molar-refractivity contribution in [2.75, 3.05) is 16.8 Å². The number of aromatic carboxylic acids is 1. The predicted molar refractivity (Wildman–Crippen MR) is 68.1 cm³/mol. The van der Waals surface area contributed by atoms with Crippen LogP contribution in [0.3, 0.4) is 0 Å². The molecule has 0 saturated carbocycles. The number of hydrogen-bond acceptors (Lipinski definition) is 5. The summed E-state index contributed by atoms with van der Waals surface area (Å²) in [5.74, 6) is -2.50. The number of carboxylic acids is 1. The molecule has 0 spiro atoms. The molecule has 6 nitrogen and oxygen atoms in total. The van der Waals surface area contributed by atoms with Gasteiger partial charge in [0.25, 0.3) is 0 Å². The lowest BCUT2D eigenvalue weighted by atomic mass is 10.1. The zero-order chi connectivity index (χ0) is 14.2. The van der Waals surface area contributed by atoms with Gasteiger partial charge in [0.1, 0.15) is 5.82 Å². The highest BCUT2D eigenvalue weighted by Gasteiger charge is 2.23. The summed E-state index contributed by atoms with van der Waals surface area (Å²) >= 11 is 0. The van der Waals surface area contributed by atoms with E-state index in [4.69, 9.17) is 10.8 Å². The number of anilines is 2. The highest BCUT2D eigenvalue weighted by molar-refractivity contribution is 7.94. The SMILES string of the molecule is Nc1cc(C(=O)O)c(F)cc1NC1C=CS(=O)(=O)C1. The van der Waals surface area contributed by atoms with Gasteiger partial charge in [-0.05, 0) is 12.1 Å². The number of halogens is 1. The quantitative estimate of drug-likeness (QED) is 0.710. The number of carboxylic acid groups (broad SMARTS) is 1. The number of nitrogen functional groups attached to an aromatic ring is 1. The first kappa shape index (κ1) is 13.3. The molecule has 0 saturated heterocycles. The van der Waals surface area contributed by atoms with Crippen molar-refractivity contribution in [3.63, 3.8) is 0 Å². The highest BCUT2D eigenvalue weighted by Crippen LogP contribution is 2.25. The topological polar surface area (TPSA) is 109 Å². The summed E-state index contributed by atoms with van der Waals surface area (Å²) < 4.78 is 35.9. The molecule has 1 unspecified atom stereocenters. The lowest BCUT2D eigenvalue weighted by molar-refractivity contribution is 0.0692. The fourth-order valence-electron chi connectivity index (χ4n) is 1.74. The molecular formula is C11H11FN2O4S. The Bertz CT molecular complexity index is 670. The number of benzene rings is 1. The maximum absolute atomic E-state index is 13.5. The summed E-state index contributed by atoms with van der Waals surface area (Å²) in [6.07, 6.45) is 1.43. The molecule has 102 valence electrons. The molecule has 0 aliphatic carbocycles. The van der Waals surface area contributed by atoms with Crippen LogP contribution in [0.4, 0.5) is 15.8 Å². The Kier molecular flexibility index (Phi) is 3.19. The zero-order valence-electron chi connectivity index (χ0n) is 9.63. The van der Waals surface area contributed by atoms with E-state index in [1.807, 2.05) is 0 Å². The fraction of sp³-hybridized carbons (Fsp3) is 0.182. The van der Waals surface area contributed by atoms with Crippen LogP contribution in [0.15, 0.2) is 23.6 Å². The van der Waals surface area contributed by atoms with Crippen molar-refractivity contribution in [3.8, 4) is 0 Å². The van der Waals surface area contributed by atoms with Crippen molar-refractivity contribution in [1.82, 2.24) is 0 Å². The molecule has 19 heavy (non-hydrogen) atoms. The molecule has 0 radical (unpaired) electrons. The number of carbonyl (C=O) groups is 1. The van der Waals surface area contributed by atoms with E-state index < -0.39 is 33.2 Å². The Morgan fingerprint density at radius 1 is 1.47 bits per heavy atom. The molecule has 0 bridgehead atoms. The first-order chi connectivity index (χ1) is 8.78. The van der Waals surface area contributed by atoms with Gasteiger partial charge in [-0.2, -0.15) is 0 Å². The van der Waals surface area contributed by atoms with E-state index in [2.05, 4.69) is 5.32 Å². The zero-order valence-corrected chi connectivity index (χ0v) is 10.4. The van der Waals surface area contributed by atoms with Crippen molar-refractivity contribution in [1.29, 1.82) is 0 Å². The van der Waals surface area contributed by atoms with Gasteiger partial charge in [-0.25, -0.2) is 17.6 Å². The third-order valence-electron chi connectivity index (χ3n) is 2.64. The van der Waals surface area contributed by atoms with Crippen LogP contribution in [-0.4, -0.2) is 31.3 Å². The predicted octanol–water partition coefficient (Wildman–Crippen LogP) is 0.829. The summed E-state index contributed by atoms with van der Waals surface area (Å²) in [4.78, 5) is 10.7. The number of nitrogens with two attached hydrogens (primary N) is 1. The monoisotopic (exact) mass is 286 g/mol. The van der Waals surface area contributed by atoms with E-state index in [-0.39, 0.29) is 17.1 Å². The molecular weight excluding hydrogens is 275 g/mol. The number of rotatable bonds is 3. The van der Waals surface area contributed by atoms with Gasteiger partial charge >= 0.3 is 5.97 Å². The summed E-state index contributed by atoms with van der Waals surface area (Å²) in [7, 11) is -3.23. The van der Waals surface area contributed by atoms with E-state index >= 15 is 0 Å². The van der Waals surface area contributed by atoms with Crippen LogP contribution >= 0.6 is 0 Å². The van der Waals surface area contributed by atoms with E-state index in [1.165, 1.54) is 6.08 Å². The number of hydrogen-bond donors (Lipinski definition) is 3. The minimum absolute atomic E-state index is 0.0384. The van der Waals surface area contributed by atoms with Crippen LogP contribution in [-0.2, 0) is 9.84 Å². The van der Waals surface area contributed by atoms with Crippen LogP contribution in [0.5, 0.6) is 0 Å². The molecule has 1 aromatic rings. The molecule has 1 aliphatic heterocycles. The van der Waals surface area contributed by atoms with E-state index in [0.29, 0.717) is 0 Å². The first-order valence-electron chi connectivity index (χ1n) is 5.28. The first-order valence-corrected chi connectivity index (χ1v) is 7.00. The van der Waals surface area contributed by atoms with Crippen molar-refractivity contribution in [2.45, 2.75) is 6.04 Å². The van der Waals surface area contributed by atoms with Crippen LogP contribution in [0.1, 0.15) is 10.4 Å². The number of nitrogens with one attached hydrogen (secondary N) is 1. The van der Waals surface area contributed by atoms with E-state index in [1.54, 1.807) is 0 Å². The molecule has 0 fully saturated rings. The Morgan fingerprint density at radius 3 is 2.68 bits per heavy atom. The normalized spacial score (nSPS) is 20.4. The average Bonchev–Trinajstić information content (AvgIpc) is 2.62. The standard InChI is InChI=1S/C11H11FN2O4S/c12-8-4-10(9(13)3-7(8)11(15)16)14-6-1-2-19(17,18)5-6/h1-4,6,14H,5,13H2,(H,15,16). The van der Waals surface area contributed by atoms with Gasteiger partial charge in [0.2, 0.25) is 0 Å². The minimum Gasteiger partial charge on any atom is -0.478 e. The average molecular weight is 286 g/mol. The summed E-state index contributed by atoms with van der Waals surface area (Å²) in [5, 5.41) is 12.5. The molecule has 1 aromatic carbocycles. The molecule has 1 heterocycles. The maximum atomic E-state index is 13.5. The summed E-state index contributed by atoms with van der Waals surface area (Å²) in [6.45, 7) is 0. The largest absolute Gasteiger partial charge is 0.478 e. The molecule has 1 aliphatic rings. The van der Waals surface area contributed by atoms with Gasteiger partial charge in [-0.3, -0.25) is 0 Å². The highest BCUT2D eigenvalue weighted by atomic mass is 32.2. The van der Waals surface area contributed by atoms with Crippen LogP contribution in [0.25, 0.3) is 0 Å². The van der Waals surface area contributed by atoms with Gasteiger partial charge < -0.3 is 16.2 Å². The number of sulfone groups is 1. The second-order valence-electron chi connectivity index (χ2n) is 4.13. The molecule has 1 atom stereocenters. The maximum Gasteiger partial charge on any atom is 0.338 e. The lowest BCUT2D eigenvalue weighted by Gasteiger charge is -2.14. The second-order valence-corrected chi connectivity index (χ2v) is 6.06. The van der Waals surface area contributed by atoms with Crippen molar-refractivity contribution < 1.29 is 22.7 Å². The van der Waals surface area contributed by atoms with Crippen LogP contribution in [0.2, 0.25) is 0 Å². The Labute approximate surface area is 108 Å². The van der Waals surface area contributed by atoms with Gasteiger partial charge in [-0.15, -0.1) is 0 Å². The summed E-state index contributed by atoms with van der Waals surface area (Å²) in [6, 6.07) is 1.42. The molecule has 2 rings (SSSR count).